The third-order valence-corrected chi connectivity index (χ3v) is 3.87. The molecule has 0 fully saturated rings. The first-order chi connectivity index (χ1) is 8.16. The first-order valence-electron chi connectivity index (χ1n) is 5.37. The molecule has 2 aromatic rings. The minimum atomic E-state index is -0.222. The van der Waals surface area contributed by atoms with E-state index >= 15 is 0 Å². The van der Waals surface area contributed by atoms with E-state index in [0.29, 0.717) is 17.1 Å². The Labute approximate surface area is 109 Å². The minimum Gasteiger partial charge on any atom is -0.305 e. The summed E-state index contributed by atoms with van der Waals surface area (Å²) < 4.78 is 13.5. The molecule has 1 N–H and O–H groups in total. The van der Waals surface area contributed by atoms with Gasteiger partial charge in [0.25, 0.3) is 0 Å². The van der Waals surface area contributed by atoms with Crippen LogP contribution in [0.3, 0.4) is 0 Å². The number of hydrogen-bond donors (Lipinski definition) is 1. The Morgan fingerprint density at radius 2 is 2.24 bits per heavy atom. The van der Waals surface area contributed by atoms with E-state index in [1.807, 2.05) is 11.4 Å². The normalized spacial score (nSPS) is 12.6. The summed E-state index contributed by atoms with van der Waals surface area (Å²) in [4.78, 5) is 1.24. The summed E-state index contributed by atoms with van der Waals surface area (Å²) in [6.07, 6.45) is 0. The van der Waals surface area contributed by atoms with E-state index in [9.17, 15) is 4.39 Å². The van der Waals surface area contributed by atoms with E-state index in [1.165, 1.54) is 10.9 Å². The summed E-state index contributed by atoms with van der Waals surface area (Å²) in [5.74, 6) is -0.222. The molecule has 0 aliphatic rings. The van der Waals surface area contributed by atoms with Gasteiger partial charge in [-0.15, -0.1) is 11.3 Å². The van der Waals surface area contributed by atoms with Crippen molar-refractivity contribution in [1.82, 2.24) is 5.32 Å². The van der Waals surface area contributed by atoms with Crippen LogP contribution < -0.4 is 5.32 Å². The van der Waals surface area contributed by atoms with Gasteiger partial charge in [0.2, 0.25) is 0 Å². The molecule has 1 aromatic carbocycles. The molecule has 0 saturated heterocycles. The molecule has 0 saturated carbocycles. The fourth-order valence-electron chi connectivity index (χ4n) is 1.58. The third-order valence-electron chi connectivity index (χ3n) is 2.58. The van der Waals surface area contributed by atoms with Gasteiger partial charge in [0.05, 0.1) is 0 Å². The van der Waals surface area contributed by atoms with Crippen LogP contribution in [0.15, 0.2) is 35.7 Å². The zero-order chi connectivity index (χ0) is 12.3. The minimum absolute atomic E-state index is 0.216. The van der Waals surface area contributed by atoms with Gasteiger partial charge >= 0.3 is 0 Å². The van der Waals surface area contributed by atoms with Gasteiger partial charge in [0, 0.05) is 28.0 Å². The lowest BCUT2D eigenvalue weighted by Crippen LogP contribution is -2.17. The largest absolute Gasteiger partial charge is 0.305 e. The Kier molecular flexibility index (Phi) is 4.15. The SMILES string of the molecule is C[C@@H](NCc1cc(Cl)ccc1F)c1cccs1. The van der Waals surface area contributed by atoms with Crippen LogP contribution in [0.5, 0.6) is 0 Å². The molecule has 0 amide bonds. The molecule has 1 nitrogen and oxygen atoms in total. The fraction of sp³-hybridized carbons (Fsp3) is 0.231. The summed E-state index contributed by atoms with van der Waals surface area (Å²) in [5.41, 5.74) is 0.598. The van der Waals surface area contributed by atoms with E-state index in [1.54, 1.807) is 23.5 Å². The van der Waals surface area contributed by atoms with Gasteiger partial charge < -0.3 is 5.32 Å². The average molecular weight is 270 g/mol. The highest BCUT2D eigenvalue weighted by atomic mass is 35.5. The standard InChI is InChI=1S/C13H13ClFNS/c1-9(13-3-2-6-17-13)16-8-10-7-11(14)4-5-12(10)15/h2-7,9,16H,8H2,1H3/t9-/m1/s1. The quantitative estimate of drug-likeness (QED) is 0.868. The summed E-state index contributed by atoms with van der Waals surface area (Å²) in [5, 5.41) is 5.88. The summed E-state index contributed by atoms with van der Waals surface area (Å²) in [6.45, 7) is 2.54. The van der Waals surface area contributed by atoms with Crippen molar-refractivity contribution in [2.24, 2.45) is 0 Å². The Hall–Kier alpha value is -0.900. The Morgan fingerprint density at radius 3 is 2.94 bits per heavy atom. The average Bonchev–Trinajstić information content (AvgIpc) is 2.83. The molecule has 0 aliphatic carbocycles. The predicted octanol–water partition coefficient (Wildman–Crippen LogP) is 4.39. The Morgan fingerprint density at radius 1 is 1.41 bits per heavy atom. The third kappa shape index (κ3) is 3.28. The van der Waals surface area contributed by atoms with E-state index in [0.717, 1.165) is 0 Å². The van der Waals surface area contributed by atoms with Crippen molar-refractivity contribution in [2.45, 2.75) is 19.5 Å². The van der Waals surface area contributed by atoms with E-state index in [-0.39, 0.29) is 11.9 Å². The van der Waals surface area contributed by atoms with Crippen molar-refractivity contribution < 1.29 is 4.39 Å². The maximum absolute atomic E-state index is 13.5. The van der Waals surface area contributed by atoms with Crippen LogP contribution in [0.2, 0.25) is 5.02 Å². The van der Waals surface area contributed by atoms with Crippen molar-refractivity contribution in [3.8, 4) is 0 Å². The van der Waals surface area contributed by atoms with Crippen LogP contribution in [-0.2, 0) is 6.54 Å². The van der Waals surface area contributed by atoms with Gasteiger partial charge in [-0.2, -0.15) is 0 Å². The van der Waals surface area contributed by atoms with Gasteiger partial charge in [-0.1, -0.05) is 17.7 Å². The molecule has 0 spiro atoms. The van der Waals surface area contributed by atoms with Crippen LogP contribution >= 0.6 is 22.9 Å². The Bertz CT molecular complexity index is 484. The smallest absolute Gasteiger partial charge is 0.127 e. The molecule has 17 heavy (non-hydrogen) atoms. The van der Waals surface area contributed by atoms with E-state index < -0.39 is 0 Å². The van der Waals surface area contributed by atoms with Crippen LogP contribution in [0, 0.1) is 5.82 Å². The molecule has 90 valence electrons. The van der Waals surface area contributed by atoms with Crippen molar-refractivity contribution in [3.63, 3.8) is 0 Å². The van der Waals surface area contributed by atoms with Crippen molar-refractivity contribution in [1.29, 1.82) is 0 Å². The van der Waals surface area contributed by atoms with Gasteiger partial charge in [-0.3, -0.25) is 0 Å². The molecule has 1 atom stereocenters. The lowest BCUT2D eigenvalue weighted by Gasteiger charge is -2.12. The molecular weight excluding hydrogens is 257 g/mol. The molecule has 0 aliphatic heterocycles. The molecule has 1 heterocycles. The molecule has 4 heteroatoms. The molecular formula is C13H13ClFNS. The van der Waals surface area contributed by atoms with E-state index in [4.69, 9.17) is 11.6 Å². The number of hydrogen-bond acceptors (Lipinski definition) is 2. The van der Waals surface area contributed by atoms with Crippen molar-refractivity contribution >= 4 is 22.9 Å². The molecule has 0 unspecified atom stereocenters. The number of halogens is 2. The Balaban J connectivity index is 2.00. The lowest BCUT2D eigenvalue weighted by molar-refractivity contribution is 0.549. The topological polar surface area (TPSA) is 12.0 Å². The molecule has 1 aromatic heterocycles. The lowest BCUT2D eigenvalue weighted by atomic mass is 10.2. The highest BCUT2D eigenvalue weighted by Crippen LogP contribution is 2.20. The molecule has 2 rings (SSSR count). The number of thiophene rings is 1. The van der Waals surface area contributed by atoms with Gasteiger partial charge in [-0.05, 0) is 36.6 Å². The second-order valence-electron chi connectivity index (χ2n) is 3.85. The maximum Gasteiger partial charge on any atom is 0.127 e. The van der Waals surface area contributed by atoms with E-state index in [2.05, 4.69) is 18.3 Å². The predicted molar refractivity (Wildman–Crippen MR) is 71.0 cm³/mol. The summed E-state index contributed by atoms with van der Waals surface area (Å²) in [6, 6.07) is 8.91. The maximum atomic E-state index is 13.5. The van der Waals surface area contributed by atoms with Gasteiger partial charge in [0.15, 0.2) is 0 Å². The highest BCUT2D eigenvalue weighted by Gasteiger charge is 2.08. The zero-order valence-electron chi connectivity index (χ0n) is 9.41. The van der Waals surface area contributed by atoms with Crippen molar-refractivity contribution in [2.75, 3.05) is 0 Å². The van der Waals surface area contributed by atoms with Gasteiger partial charge in [-0.25, -0.2) is 4.39 Å². The second-order valence-corrected chi connectivity index (χ2v) is 5.27. The second kappa shape index (κ2) is 5.63. The molecule has 0 radical (unpaired) electrons. The number of nitrogens with one attached hydrogen (secondary N) is 1. The van der Waals surface area contributed by atoms with Crippen LogP contribution in [0.1, 0.15) is 23.4 Å². The number of rotatable bonds is 4. The summed E-state index contributed by atoms with van der Waals surface area (Å²) in [7, 11) is 0. The van der Waals surface area contributed by atoms with Crippen molar-refractivity contribution in [3.05, 3.63) is 57.0 Å². The van der Waals surface area contributed by atoms with Crippen LogP contribution in [0.4, 0.5) is 4.39 Å². The van der Waals surface area contributed by atoms with Gasteiger partial charge in [0.1, 0.15) is 5.82 Å². The molecule has 0 bridgehead atoms. The van der Waals surface area contributed by atoms with Crippen LogP contribution in [-0.4, -0.2) is 0 Å². The monoisotopic (exact) mass is 269 g/mol. The highest BCUT2D eigenvalue weighted by molar-refractivity contribution is 7.10. The zero-order valence-corrected chi connectivity index (χ0v) is 11.0. The fourth-order valence-corrected chi connectivity index (χ4v) is 2.53. The summed E-state index contributed by atoms with van der Waals surface area (Å²) >= 11 is 7.53. The van der Waals surface area contributed by atoms with Crippen LogP contribution in [0.25, 0.3) is 0 Å². The first-order valence-corrected chi connectivity index (χ1v) is 6.63. The first kappa shape index (κ1) is 12.6. The number of benzene rings is 1.